The Kier molecular flexibility index (Phi) is 6.85. The van der Waals surface area contributed by atoms with Crippen LogP contribution in [0.5, 0.6) is 0 Å². The molecular formula is C23H25N3O4. The number of carbonyl (C=O) groups is 3. The number of benzene rings is 2. The molecule has 3 aromatic rings. The van der Waals surface area contributed by atoms with Gasteiger partial charge >= 0.3 is 5.97 Å². The summed E-state index contributed by atoms with van der Waals surface area (Å²) in [7, 11) is 0. The Balaban J connectivity index is 1.60. The first-order valence-corrected chi connectivity index (χ1v) is 9.77. The highest BCUT2D eigenvalue weighted by atomic mass is 16.5. The van der Waals surface area contributed by atoms with Crippen molar-refractivity contribution in [3.05, 3.63) is 71.9 Å². The van der Waals surface area contributed by atoms with Crippen molar-refractivity contribution in [3.8, 4) is 0 Å². The molecule has 1 aromatic heterocycles. The Morgan fingerprint density at radius 1 is 1.00 bits per heavy atom. The van der Waals surface area contributed by atoms with E-state index in [0.717, 1.165) is 22.0 Å². The Labute approximate surface area is 174 Å². The average Bonchev–Trinajstić information content (AvgIpc) is 3.15. The summed E-state index contributed by atoms with van der Waals surface area (Å²) in [6.07, 6.45) is 2.06. The minimum Gasteiger partial charge on any atom is -0.454 e. The van der Waals surface area contributed by atoms with Gasteiger partial charge in [0.05, 0.1) is 6.04 Å². The van der Waals surface area contributed by atoms with E-state index < -0.39 is 24.5 Å². The molecule has 0 saturated carbocycles. The minimum atomic E-state index is -0.888. The molecule has 0 unspecified atom stereocenters. The minimum absolute atomic E-state index is 0.213. The van der Waals surface area contributed by atoms with E-state index >= 15 is 0 Å². The molecule has 0 fully saturated rings. The van der Waals surface area contributed by atoms with Crippen molar-refractivity contribution in [1.82, 2.24) is 15.6 Å². The summed E-state index contributed by atoms with van der Waals surface area (Å²) < 4.78 is 5.19. The molecule has 3 N–H and O–H groups in total. The monoisotopic (exact) mass is 407 g/mol. The highest BCUT2D eigenvalue weighted by Crippen LogP contribution is 2.19. The highest BCUT2D eigenvalue weighted by Gasteiger charge is 2.24. The van der Waals surface area contributed by atoms with Gasteiger partial charge in [0.1, 0.15) is 6.04 Å². The fraction of sp³-hybridized carbons (Fsp3) is 0.261. The van der Waals surface area contributed by atoms with Gasteiger partial charge in [-0.15, -0.1) is 0 Å². The molecule has 0 aliphatic rings. The Morgan fingerprint density at radius 2 is 1.70 bits per heavy atom. The molecule has 30 heavy (non-hydrogen) atoms. The second-order valence-electron chi connectivity index (χ2n) is 7.12. The van der Waals surface area contributed by atoms with Gasteiger partial charge in [0.15, 0.2) is 6.61 Å². The van der Waals surface area contributed by atoms with Crippen LogP contribution in [0.1, 0.15) is 31.0 Å². The number of hydrogen-bond acceptors (Lipinski definition) is 4. The molecule has 0 saturated heterocycles. The first kappa shape index (κ1) is 21.1. The van der Waals surface area contributed by atoms with E-state index in [1.54, 1.807) is 6.20 Å². The van der Waals surface area contributed by atoms with Crippen molar-refractivity contribution in [2.45, 2.75) is 32.4 Å². The Morgan fingerprint density at radius 3 is 2.43 bits per heavy atom. The van der Waals surface area contributed by atoms with Crippen LogP contribution in [0.2, 0.25) is 0 Å². The zero-order chi connectivity index (χ0) is 21.5. The number of amides is 2. The molecule has 156 valence electrons. The zero-order valence-electron chi connectivity index (χ0n) is 17.0. The lowest BCUT2D eigenvalue weighted by Crippen LogP contribution is -2.43. The molecule has 3 rings (SSSR count). The maximum Gasteiger partial charge on any atom is 0.329 e. The van der Waals surface area contributed by atoms with E-state index in [2.05, 4.69) is 15.6 Å². The van der Waals surface area contributed by atoms with Crippen LogP contribution in [0.3, 0.4) is 0 Å². The summed E-state index contributed by atoms with van der Waals surface area (Å²) in [4.78, 5) is 39.5. The van der Waals surface area contributed by atoms with Gasteiger partial charge in [0, 0.05) is 30.4 Å². The number of ether oxygens (including phenoxy) is 1. The van der Waals surface area contributed by atoms with Crippen LogP contribution in [0.4, 0.5) is 0 Å². The van der Waals surface area contributed by atoms with Gasteiger partial charge in [-0.1, -0.05) is 48.5 Å². The van der Waals surface area contributed by atoms with Gasteiger partial charge in [0.2, 0.25) is 5.91 Å². The average molecular weight is 407 g/mol. The van der Waals surface area contributed by atoms with Gasteiger partial charge in [-0.05, 0) is 24.1 Å². The van der Waals surface area contributed by atoms with Crippen molar-refractivity contribution in [2.75, 3.05) is 6.61 Å². The van der Waals surface area contributed by atoms with Crippen molar-refractivity contribution in [3.63, 3.8) is 0 Å². The predicted octanol–water partition coefficient (Wildman–Crippen LogP) is 2.64. The van der Waals surface area contributed by atoms with E-state index in [-0.39, 0.29) is 18.4 Å². The number of H-pyrrole nitrogens is 1. The molecule has 2 atom stereocenters. The summed E-state index contributed by atoms with van der Waals surface area (Å²) in [6, 6.07) is 16.1. The van der Waals surface area contributed by atoms with Crippen LogP contribution in [-0.2, 0) is 25.5 Å². The summed E-state index contributed by atoms with van der Waals surface area (Å²) in [5, 5.41) is 6.37. The molecule has 0 radical (unpaired) electrons. The first-order valence-electron chi connectivity index (χ1n) is 9.77. The maximum absolute atomic E-state index is 12.6. The standard InChI is InChI=1S/C23H25N3O4/c1-15(17-8-4-3-5-9-17)25-22(28)14-30-23(29)21(26-16(2)27)12-18-13-24-20-11-7-6-10-19(18)20/h3-11,13,15,21,24H,12,14H2,1-2H3,(H,25,28)(H,26,27)/t15-,21+/m1/s1. The Hall–Kier alpha value is -3.61. The van der Waals surface area contributed by atoms with Gasteiger partial charge in [-0.25, -0.2) is 4.79 Å². The van der Waals surface area contributed by atoms with E-state index in [0.29, 0.717) is 0 Å². The number of para-hydroxylation sites is 1. The third-order valence-electron chi connectivity index (χ3n) is 4.78. The largest absolute Gasteiger partial charge is 0.454 e. The lowest BCUT2D eigenvalue weighted by molar-refractivity contribution is -0.151. The molecule has 2 aromatic carbocycles. The van der Waals surface area contributed by atoms with E-state index in [1.807, 2.05) is 61.5 Å². The van der Waals surface area contributed by atoms with Crippen molar-refractivity contribution >= 4 is 28.7 Å². The maximum atomic E-state index is 12.6. The van der Waals surface area contributed by atoms with Crippen molar-refractivity contribution in [1.29, 1.82) is 0 Å². The SMILES string of the molecule is CC(=O)N[C@@H](Cc1c[nH]c2ccccc12)C(=O)OCC(=O)N[C@H](C)c1ccccc1. The normalized spacial score (nSPS) is 12.7. The van der Waals surface area contributed by atoms with E-state index in [1.165, 1.54) is 6.92 Å². The van der Waals surface area contributed by atoms with Crippen LogP contribution in [0, 0.1) is 0 Å². The van der Waals surface area contributed by atoms with Crippen LogP contribution >= 0.6 is 0 Å². The molecule has 0 aliphatic carbocycles. The van der Waals surface area contributed by atoms with E-state index in [9.17, 15) is 14.4 Å². The first-order chi connectivity index (χ1) is 14.4. The van der Waals surface area contributed by atoms with Crippen molar-refractivity contribution < 1.29 is 19.1 Å². The molecule has 7 heteroatoms. The number of esters is 1. The quantitative estimate of drug-likeness (QED) is 0.500. The number of nitrogens with one attached hydrogen (secondary N) is 3. The van der Waals surface area contributed by atoms with Crippen LogP contribution in [0.25, 0.3) is 10.9 Å². The van der Waals surface area contributed by atoms with Crippen LogP contribution in [-0.4, -0.2) is 35.4 Å². The third kappa shape index (κ3) is 5.47. The van der Waals surface area contributed by atoms with E-state index in [4.69, 9.17) is 4.74 Å². The van der Waals surface area contributed by atoms with Crippen molar-refractivity contribution in [2.24, 2.45) is 0 Å². The summed E-state index contributed by atoms with van der Waals surface area (Å²) >= 11 is 0. The highest BCUT2D eigenvalue weighted by molar-refractivity contribution is 5.88. The smallest absolute Gasteiger partial charge is 0.329 e. The summed E-state index contributed by atoms with van der Waals surface area (Å²) in [5.74, 6) is -1.41. The van der Waals surface area contributed by atoms with Gasteiger partial charge < -0.3 is 20.4 Å². The number of hydrogen-bond donors (Lipinski definition) is 3. The fourth-order valence-electron chi connectivity index (χ4n) is 3.30. The number of rotatable bonds is 8. The molecular weight excluding hydrogens is 382 g/mol. The molecule has 0 spiro atoms. The fourth-order valence-corrected chi connectivity index (χ4v) is 3.30. The molecule has 0 aliphatic heterocycles. The summed E-state index contributed by atoms with van der Waals surface area (Å²) in [6.45, 7) is 2.77. The second kappa shape index (κ2) is 9.73. The number of fused-ring (bicyclic) bond motifs is 1. The number of aromatic amines is 1. The molecule has 1 heterocycles. The molecule has 2 amide bonds. The van der Waals surface area contributed by atoms with Crippen LogP contribution in [0.15, 0.2) is 60.8 Å². The number of carbonyl (C=O) groups excluding carboxylic acids is 3. The topological polar surface area (TPSA) is 100 Å². The molecule has 0 bridgehead atoms. The lowest BCUT2D eigenvalue weighted by Gasteiger charge is -2.18. The Bertz CT molecular complexity index is 1030. The third-order valence-corrected chi connectivity index (χ3v) is 4.78. The van der Waals surface area contributed by atoms with Gasteiger partial charge in [-0.3, -0.25) is 9.59 Å². The molecule has 7 nitrogen and oxygen atoms in total. The second-order valence-corrected chi connectivity index (χ2v) is 7.12. The number of aromatic nitrogens is 1. The summed E-state index contributed by atoms with van der Waals surface area (Å²) in [5.41, 5.74) is 2.77. The van der Waals surface area contributed by atoms with Gasteiger partial charge in [-0.2, -0.15) is 0 Å². The lowest BCUT2D eigenvalue weighted by atomic mass is 10.0. The van der Waals surface area contributed by atoms with Gasteiger partial charge in [0.25, 0.3) is 5.91 Å². The predicted molar refractivity (Wildman–Crippen MR) is 114 cm³/mol. The van der Waals surface area contributed by atoms with Crippen LogP contribution < -0.4 is 10.6 Å². The zero-order valence-corrected chi connectivity index (χ0v) is 17.0.